The Labute approximate surface area is 110 Å². The molecule has 2 heterocycles. The molecule has 1 aromatic heterocycles. The van der Waals surface area contributed by atoms with Crippen molar-refractivity contribution in [2.75, 3.05) is 6.54 Å². The maximum Gasteiger partial charge on any atom is 0.140 e. The van der Waals surface area contributed by atoms with Gasteiger partial charge in [0.1, 0.15) is 17.7 Å². The van der Waals surface area contributed by atoms with Crippen molar-refractivity contribution in [3.05, 3.63) is 53.4 Å². The Bertz CT molecular complexity index is 641. The standard InChI is InChI=1S/C14H13FN4/c15-13-2-1-11(7-12(13)8-16)9-18-5-6-19-4-3-17-14(19)10-18/h1-4,7H,5-6,9-10H2. The summed E-state index contributed by atoms with van der Waals surface area (Å²) in [6, 6.07) is 6.59. The van der Waals surface area contributed by atoms with Gasteiger partial charge in [0.05, 0.1) is 12.1 Å². The van der Waals surface area contributed by atoms with E-state index in [1.54, 1.807) is 12.1 Å². The lowest BCUT2D eigenvalue weighted by Gasteiger charge is -2.27. The van der Waals surface area contributed by atoms with Crippen LogP contribution in [0.15, 0.2) is 30.6 Å². The zero-order valence-corrected chi connectivity index (χ0v) is 10.4. The van der Waals surface area contributed by atoms with Crippen molar-refractivity contribution < 1.29 is 4.39 Å². The third-order valence-corrected chi connectivity index (χ3v) is 3.38. The van der Waals surface area contributed by atoms with Crippen molar-refractivity contribution in [3.63, 3.8) is 0 Å². The van der Waals surface area contributed by atoms with E-state index in [-0.39, 0.29) is 5.56 Å². The first-order valence-electron chi connectivity index (χ1n) is 6.17. The molecule has 0 atom stereocenters. The molecule has 96 valence electrons. The van der Waals surface area contributed by atoms with Crippen molar-refractivity contribution in [2.45, 2.75) is 19.6 Å². The van der Waals surface area contributed by atoms with Crippen LogP contribution in [0.1, 0.15) is 17.0 Å². The van der Waals surface area contributed by atoms with Gasteiger partial charge in [0.2, 0.25) is 0 Å². The third-order valence-electron chi connectivity index (χ3n) is 3.38. The van der Waals surface area contributed by atoms with E-state index < -0.39 is 5.82 Å². The fraction of sp³-hybridized carbons (Fsp3) is 0.286. The van der Waals surface area contributed by atoms with Gasteiger partial charge in [-0.25, -0.2) is 9.37 Å². The summed E-state index contributed by atoms with van der Waals surface area (Å²) in [5, 5.41) is 8.83. The summed E-state index contributed by atoms with van der Waals surface area (Å²) >= 11 is 0. The van der Waals surface area contributed by atoms with E-state index >= 15 is 0 Å². The van der Waals surface area contributed by atoms with Crippen LogP contribution >= 0.6 is 0 Å². The average Bonchev–Trinajstić information content (AvgIpc) is 2.88. The quantitative estimate of drug-likeness (QED) is 0.824. The van der Waals surface area contributed by atoms with Crippen LogP contribution in [-0.4, -0.2) is 21.0 Å². The first-order chi connectivity index (χ1) is 9.26. The zero-order chi connectivity index (χ0) is 13.2. The van der Waals surface area contributed by atoms with Crippen LogP contribution in [0.25, 0.3) is 0 Å². The number of rotatable bonds is 2. The minimum atomic E-state index is -0.458. The van der Waals surface area contributed by atoms with Crippen molar-refractivity contribution in [2.24, 2.45) is 0 Å². The molecule has 0 radical (unpaired) electrons. The van der Waals surface area contributed by atoms with Gasteiger partial charge in [-0.15, -0.1) is 0 Å². The van der Waals surface area contributed by atoms with E-state index in [1.807, 2.05) is 18.5 Å². The highest BCUT2D eigenvalue weighted by Crippen LogP contribution is 2.16. The van der Waals surface area contributed by atoms with Gasteiger partial charge in [-0.1, -0.05) is 6.07 Å². The first kappa shape index (κ1) is 11.9. The number of halogens is 1. The topological polar surface area (TPSA) is 44.9 Å². The Morgan fingerprint density at radius 3 is 3.11 bits per heavy atom. The number of aromatic nitrogens is 2. The summed E-state index contributed by atoms with van der Waals surface area (Å²) in [7, 11) is 0. The molecule has 0 amide bonds. The maximum absolute atomic E-state index is 13.3. The lowest BCUT2D eigenvalue weighted by molar-refractivity contribution is 0.209. The normalized spacial score (nSPS) is 14.9. The number of hydrogen-bond acceptors (Lipinski definition) is 3. The minimum absolute atomic E-state index is 0.107. The summed E-state index contributed by atoms with van der Waals surface area (Å²) in [6.45, 7) is 3.35. The second-order valence-electron chi connectivity index (χ2n) is 4.67. The van der Waals surface area contributed by atoms with Gasteiger partial charge < -0.3 is 4.57 Å². The van der Waals surface area contributed by atoms with E-state index in [9.17, 15) is 4.39 Å². The summed E-state index contributed by atoms with van der Waals surface area (Å²) in [5.41, 5.74) is 1.06. The number of nitriles is 1. The molecule has 0 spiro atoms. The highest BCUT2D eigenvalue weighted by atomic mass is 19.1. The molecule has 1 aliphatic rings. The monoisotopic (exact) mass is 256 g/mol. The minimum Gasteiger partial charge on any atom is -0.333 e. The molecule has 3 rings (SSSR count). The van der Waals surface area contributed by atoms with Gasteiger partial charge in [-0.2, -0.15) is 5.26 Å². The van der Waals surface area contributed by atoms with E-state index in [2.05, 4.69) is 14.5 Å². The number of benzene rings is 1. The van der Waals surface area contributed by atoms with Crippen LogP contribution in [-0.2, 0) is 19.6 Å². The number of nitrogens with zero attached hydrogens (tertiary/aromatic N) is 4. The van der Waals surface area contributed by atoms with Gasteiger partial charge in [0.15, 0.2) is 0 Å². The highest BCUT2D eigenvalue weighted by molar-refractivity contribution is 5.34. The molecule has 0 bridgehead atoms. The smallest absolute Gasteiger partial charge is 0.140 e. The van der Waals surface area contributed by atoms with Crippen LogP contribution in [0, 0.1) is 17.1 Å². The Morgan fingerprint density at radius 2 is 2.26 bits per heavy atom. The molecule has 1 aliphatic heterocycles. The molecule has 4 nitrogen and oxygen atoms in total. The molecule has 0 N–H and O–H groups in total. The number of hydrogen-bond donors (Lipinski definition) is 0. The van der Waals surface area contributed by atoms with Crippen LogP contribution in [0.3, 0.4) is 0 Å². The van der Waals surface area contributed by atoms with Gasteiger partial charge in [0, 0.05) is 32.0 Å². The van der Waals surface area contributed by atoms with Gasteiger partial charge in [-0.3, -0.25) is 4.90 Å². The fourth-order valence-electron chi connectivity index (χ4n) is 2.37. The van der Waals surface area contributed by atoms with Crippen LogP contribution in [0.5, 0.6) is 0 Å². The molecule has 0 fully saturated rings. The highest BCUT2D eigenvalue weighted by Gasteiger charge is 2.16. The predicted octanol–water partition coefficient (Wildman–Crippen LogP) is 1.91. The van der Waals surface area contributed by atoms with Gasteiger partial charge in [0.25, 0.3) is 0 Å². The fourth-order valence-corrected chi connectivity index (χ4v) is 2.37. The predicted molar refractivity (Wildman–Crippen MR) is 67.5 cm³/mol. The molecular weight excluding hydrogens is 243 g/mol. The van der Waals surface area contributed by atoms with Crippen molar-refractivity contribution in [1.29, 1.82) is 5.26 Å². The first-order valence-corrected chi connectivity index (χ1v) is 6.17. The van der Waals surface area contributed by atoms with E-state index in [0.29, 0.717) is 6.54 Å². The summed E-state index contributed by atoms with van der Waals surface area (Å²) < 4.78 is 15.4. The molecule has 0 unspecified atom stereocenters. The lowest BCUT2D eigenvalue weighted by Crippen LogP contribution is -2.33. The molecule has 2 aromatic rings. The van der Waals surface area contributed by atoms with E-state index in [0.717, 1.165) is 31.0 Å². The molecular formula is C14H13FN4. The SMILES string of the molecule is N#Cc1cc(CN2CCn3ccnc3C2)ccc1F. The zero-order valence-electron chi connectivity index (χ0n) is 10.4. The van der Waals surface area contributed by atoms with Crippen molar-refractivity contribution in [3.8, 4) is 6.07 Å². The number of fused-ring (bicyclic) bond motifs is 1. The Kier molecular flexibility index (Phi) is 3.02. The Balaban J connectivity index is 1.75. The molecule has 0 saturated heterocycles. The lowest BCUT2D eigenvalue weighted by atomic mass is 10.1. The average molecular weight is 256 g/mol. The van der Waals surface area contributed by atoms with Crippen molar-refractivity contribution >= 4 is 0 Å². The number of imidazole rings is 1. The van der Waals surface area contributed by atoms with Crippen LogP contribution in [0.2, 0.25) is 0 Å². The largest absolute Gasteiger partial charge is 0.333 e. The van der Waals surface area contributed by atoms with Gasteiger partial charge in [-0.05, 0) is 17.7 Å². The Morgan fingerprint density at radius 1 is 1.37 bits per heavy atom. The summed E-state index contributed by atoms with van der Waals surface area (Å²) in [5.74, 6) is 0.592. The maximum atomic E-state index is 13.3. The second kappa shape index (κ2) is 4.82. The van der Waals surface area contributed by atoms with Crippen LogP contribution in [0.4, 0.5) is 4.39 Å². The summed E-state index contributed by atoms with van der Waals surface area (Å²) in [4.78, 5) is 6.55. The second-order valence-corrected chi connectivity index (χ2v) is 4.67. The third kappa shape index (κ3) is 2.35. The van der Waals surface area contributed by atoms with E-state index in [1.165, 1.54) is 6.07 Å². The summed E-state index contributed by atoms with van der Waals surface area (Å²) in [6.07, 6.45) is 3.79. The van der Waals surface area contributed by atoms with E-state index in [4.69, 9.17) is 5.26 Å². The molecule has 1 aromatic carbocycles. The van der Waals surface area contributed by atoms with Gasteiger partial charge >= 0.3 is 0 Å². The molecule has 19 heavy (non-hydrogen) atoms. The van der Waals surface area contributed by atoms with Crippen LogP contribution < -0.4 is 0 Å². The Hall–Kier alpha value is -2.19. The molecule has 5 heteroatoms. The molecule has 0 aliphatic carbocycles. The van der Waals surface area contributed by atoms with Crippen molar-refractivity contribution in [1.82, 2.24) is 14.5 Å². The molecule has 0 saturated carbocycles.